The van der Waals surface area contributed by atoms with Crippen molar-refractivity contribution in [3.8, 4) is 0 Å². The Kier molecular flexibility index (Phi) is 8.24. The van der Waals surface area contributed by atoms with Crippen LogP contribution >= 0.6 is 0 Å². The zero-order valence-corrected chi connectivity index (χ0v) is 26.5. The summed E-state index contributed by atoms with van der Waals surface area (Å²) in [6, 6.07) is 22.4. The van der Waals surface area contributed by atoms with E-state index < -0.39 is 8.32 Å². The van der Waals surface area contributed by atoms with Crippen LogP contribution in [0.15, 0.2) is 73.1 Å². The van der Waals surface area contributed by atoms with E-state index in [0.29, 0.717) is 12.0 Å². The number of benzene rings is 2. The van der Waals surface area contributed by atoms with Crippen LogP contribution < -0.4 is 15.8 Å². The quantitative estimate of drug-likeness (QED) is 0.324. The van der Waals surface area contributed by atoms with Crippen LogP contribution in [0.2, 0.25) is 5.04 Å². The molecule has 2 aromatic carbocycles. The summed E-state index contributed by atoms with van der Waals surface area (Å²) >= 11 is 0. The molecule has 40 heavy (non-hydrogen) atoms. The lowest BCUT2D eigenvalue weighted by Gasteiger charge is -2.43. The first-order valence-electron chi connectivity index (χ1n) is 15.1. The maximum Gasteiger partial charge on any atom is 0.498 e. The van der Waals surface area contributed by atoms with E-state index >= 15 is 0 Å². The molecule has 0 bridgehead atoms. The molecule has 1 saturated carbocycles. The highest BCUT2D eigenvalue weighted by molar-refractivity contribution is 6.99. The molecule has 2 aliphatic rings. The summed E-state index contributed by atoms with van der Waals surface area (Å²) < 4.78 is 21.8. The topological polar surface area (TPSA) is 45.5 Å². The van der Waals surface area contributed by atoms with Crippen molar-refractivity contribution in [2.24, 2.45) is 5.92 Å². The van der Waals surface area contributed by atoms with Crippen LogP contribution in [0.25, 0.3) is 0 Å². The van der Waals surface area contributed by atoms with Gasteiger partial charge in [-0.1, -0.05) is 81.4 Å². The second-order valence-corrected chi connectivity index (χ2v) is 18.1. The van der Waals surface area contributed by atoms with Gasteiger partial charge in [0.25, 0.3) is 8.32 Å². The van der Waals surface area contributed by atoms with E-state index in [2.05, 4.69) is 120 Å². The number of rotatable bonds is 8. The summed E-state index contributed by atoms with van der Waals surface area (Å²) in [7, 11) is -2.82. The Morgan fingerprint density at radius 3 is 1.90 bits per heavy atom. The van der Waals surface area contributed by atoms with E-state index in [9.17, 15) is 0 Å². The number of hydrogen-bond donors (Lipinski definition) is 0. The lowest BCUT2D eigenvalue weighted by atomic mass is 9.81. The van der Waals surface area contributed by atoms with Gasteiger partial charge in [0.15, 0.2) is 0 Å². The van der Waals surface area contributed by atoms with E-state index in [4.69, 9.17) is 18.8 Å². The Hall–Kier alpha value is -2.19. The molecule has 0 unspecified atom stereocenters. The second-order valence-electron chi connectivity index (χ2n) is 13.8. The van der Waals surface area contributed by atoms with Gasteiger partial charge in [-0.3, -0.25) is 4.68 Å². The van der Waals surface area contributed by atoms with Gasteiger partial charge in [-0.2, -0.15) is 5.10 Å². The van der Waals surface area contributed by atoms with E-state index in [1.807, 2.05) is 6.20 Å². The Morgan fingerprint density at radius 1 is 0.875 bits per heavy atom. The summed E-state index contributed by atoms with van der Waals surface area (Å²) in [5.74, 6) is 0.688. The molecular formula is C33H47BN2O3Si. The fourth-order valence-electron chi connectivity index (χ4n) is 6.49. The summed E-state index contributed by atoms with van der Waals surface area (Å²) in [6.45, 7) is 16.2. The van der Waals surface area contributed by atoms with Gasteiger partial charge in [-0.05, 0) is 81.1 Å². The molecule has 1 aliphatic carbocycles. The van der Waals surface area contributed by atoms with E-state index in [1.165, 1.54) is 23.2 Å². The molecule has 7 heteroatoms. The average molecular weight is 559 g/mol. The van der Waals surface area contributed by atoms with Crippen molar-refractivity contribution in [1.29, 1.82) is 0 Å². The van der Waals surface area contributed by atoms with Crippen molar-refractivity contribution in [2.75, 3.05) is 6.61 Å². The predicted octanol–water partition coefficient (Wildman–Crippen LogP) is 5.88. The molecule has 2 fully saturated rings. The van der Waals surface area contributed by atoms with Crippen molar-refractivity contribution >= 4 is 31.3 Å². The number of aromatic nitrogens is 2. The highest BCUT2D eigenvalue weighted by Crippen LogP contribution is 2.39. The third-order valence-corrected chi connectivity index (χ3v) is 14.6. The molecule has 1 aliphatic heterocycles. The minimum Gasteiger partial charge on any atom is -0.407 e. The van der Waals surface area contributed by atoms with Crippen molar-refractivity contribution in [3.63, 3.8) is 0 Å². The van der Waals surface area contributed by atoms with Crippen LogP contribution in [0.3, 0.4) is 0 Å². The van der Waals surface area contributed by atoms with Crippen molar-refractivity contribution in [2.45, 2.75) is 103 Å². The number of nitrogens with zero attached hydrogens (tertiary/aromatic N) is 2. The molecule has 5 nitrogen and oxygen atoms in total. The Balaban J connectivity index is 1.21. The van der Waals surface area contributed by atoms with Crippen LogP contribution in [0.4, 0.5) is 0 Å². The minimum absolute atomic E-state index is 0.0162. The largest absolute Gasteiger partial charge is 0.498 e. The van der Waals surface area contributed by atoms with Gasteiger partial charge >= 0.3 is 7.12 Å². The molecular weight excluding hydrogens is 511 g/mol. The van der Waals surface area contributed by atoms with Crippen LogP contribution in [-0.2, 0) is 13.7 Å². The summed E-state index contributed by atoms with van der Waals surface area (Å²) in [6.07, 6.45) is 9.88. The standard InChI is InChI=1S/C33H47BN2O3Si/c1-31(2,3)40(29-14-10-8-11-15-29,30-16-12-9-13-17-30)37-23-22-26-18-20-28(21-19-26)36-25-27(24-35-36)34-38-32(4,5)33(6,7)39-34/h8-17,24-26,28H,18-23H2,1-7H3. The van der Waals surface area contributed by atoms with Crippen LogP contribution in [0.5, 0.6) is 0 Å². The highest BCUT2D eigenvalue weighted by atomic mass is 28.4. The molecule has 1 aromatic heterocycles. The lowest BCUT2D eigenvalue weighted by Crippen LogP contribution is -2.66. The predicted molar refractivity (Wildman–Crippen MR) is 167 cm³/mol. The van der Waals surface area contributed by atoms with Gasteiger partial charge in [0.1, 0.15) is 0 Å². The monoisotopic (exact) mass is 558 g/mol. The van der Waals surface area contributed by atoms with Crippen LogP contribution in [-0.4, -0.2) is 43.0 Å². The first-order valence-corrected chi connectivity index (χ1v) is 17.0. The van der Waals surface area contributed by atoms with E-state index in [-0.39, 0.29) is 23.4 Å². The summed E-state index contributed by atoms with van der Waals surface area (Å²) in [4.78, 5) is 0. The Labute approximate surface area is 242 Å². The van der Waals surface area contributed by atoms with Gasteiger partial charge in [-0.25, -0.2) is 0 Å². The second kappa shape index (κ2) is 11.2. The SMILES string of the molecule is CC1(C)OB(c2cnn(C3CCC(CCO[Si](c4ccccc4)(c4ccccc4)C(C)(C)C)CC3)c2)OC1(C)C. The zero-order chi connectivity index (χ0) is 28.6. The van der Waals surface area contributed by atoms with Crippen molar-refractivity contribution in [1.82, 2.24) is 9.78 Å². The summed E-state index contributed by atoms with van der Waals surface area (Å²) in [5, 5.41) is 7.46. The van der Waals surface area contributed by atoms with Crippen LogP contribution in [0.1, 0.15) is 86.6 Å². The van der Waals surface area contributed by atoms with Gasteiger partial charge in [0.2, 0.25) is 0 Å². The molecule has 214 valence electrons. The van der Waals surface area contributed by atoms with Gasteiger partial charge in [0.05, 0.1) is 17.2 Å². The van der Waals surface area contributed by atoms with Crippen LogP contribution in [0, 0.1) is 5.92 Å². The highest BCUT2D eigenvalue weighted by Gasteiger charge is 2.52. The Morgan fingerprint density at radius 2 is 1.40 bits per heavy atom. The zero-order valence-electron chi connectivity index (χ0n) is 25.5. The molecule has 0 atom stereocenters. The molecule has 0 amide bonds. The molecule has 5 rings (SSSR count). The Bertz CT molecular complexity index is 1190. The summed E-state index contributed by atoms with van der Waals surface area (Å²) in [5.41, 5.74) is 0.336. The maximum absolute atomic E-state index is 7.17. The number of hydrogen-bond acceptors (Lipinski definition) is 4. The first kappa shape index (κ1) is 29.3. The average Bonchev–Trinajstić information content (AvgIpc) is 3.49. The van der Waals surface area contributed by atoms with Crippen molar-refractivity contribution in [3.05, 3.63) is 73.1 Å². The van der Waals surface area contributed by atoms with Gasteiger partial charge in [0, 0.05) is 24.5 Å². The third kappa shape index (κ3) is 5.63. The minimum atomic E-state index is -2.47. The molecule has 1 saturated heterocycles. The van der Waals surface area contributed by atoms with Crippen molar-refractivity contribution < 1.29 is 13.7 Å². The normalized spacial score (nSPS) is 22.9. The molecule has 0 radical (unpaired) electrons. The lowest BCUT2D eigenvalue weighted by molar-refractivity contribution is 0.00578. The van der Waals surface area contributed by atoms with E-state index in [0.717, 1.165) is 31.3 Å². The smallest absolute Gasteiger partial charge is 0.407 e. The van der Waals surface area contributed by atoms with Gasteiger partial charge < -0.3 is 13.7 Å². The fraction of sp³-hybridized carbons (Fsp3) is 0.545. The fourth-order valence-corrected chi connectivity index (χ4v) is 11.1. The molecule has 3 aromatic rings. The molecule has 0 spiro atoms. The van der Waals surface area contributed by atoms with Gasteiger partial charge in [-0.15, -0.1) is 0 Å². The van der Waals surface area contributed by atoms with E-state index in [1.54, 1.807) is 0 Å². The third-order valence-electron chi connectivity index (χ3n) is 9.60. The first-order chi connectivity index (χ1) is 18.9. The maximum atomic E-state index is 7.17. The molecule has 0 N–H and O–H groups in total. The molecule has 2 heterocycles.